The summed E-state index contributed by atoms with van der Waals surface area (Å²) in [6.07, 6.45) is 5.81. The molecule has 0 saturated heterocycles. The summed E-state index contributed by atoms with van der Waals surface area (Å²) in [5.41, 5.74) is 5.63. The number of nitrogens with zero attached hydrogens (tertiary/aromatic N) is 3. The largest absolute Gasteiger partial charge is 0.355 e. The third-order valence-corrected chi connectivity index (χ3v) is 6.31. The molecule has 2 aliphatic rings. The number of fused-ring (bicyclic) bond motifs is 2. The van der Waals surface area contributed by atoms with Gasteiger partial charge in [-0.25, -0.2) is 0 Å². The number of aryl methyl sites for hydroxylation is 1. The summed E-state index contributed by atoms with van der Waals surface area (Å²) < 4.78 is 2.26. The molecule has 0 radical (unpaired) electrons. The van der Waals surface area contributed by atoms with Crippen molar-refractivity contribution in [3.63, 3.8) is 0 Å². The van der Waals surface area contributed by atoms with E-state index in [1.165, 1.54) is 27.6 Å². The van der Waals surface area contributed by atoms with E-state index in [9.17, 15) is 0 Å². The molecule has 1 N–H and O–H groups in total. The molecule has 0 unspecified atom stereocenters. The average Bonchev–Trinajstić information content (AvgIpc) is 2.94. The van der Waals surface area contributed by atoms with Crippen LogP contribution >= 0.6 is 12.2 Å². The molecule has 1 aromatic heterocycles. The second kappa shape index (κ2) is 6.71. The van der Waals surface area contributed by atoms with E-state index in [1.807, 2.05) is 0 Å². The maximum Gasteiger partial charge on any atom is 0.169 e. The van der Waals surface area contributed by atoms with Crippen LogP contribution in [-0.4, -0.2) is 58.2 Å². The fraction of sp³-hybridized carbons (Fsp3) is 0.476. The Kier molecular flexibility index (Phi) is 4.53. The Morgan fingerprint density at radius 2 is 2.04 bits per heavy atom. The van der Waals surface area contributed by atoms with Crippen LogP contribution in [0.5, 0.6) is 0 Å². The number of hydrogen-bond donors (Lipinski definition) is 1. The summed E-state index contributed by atoms with van der Waals surface area (Å²) in [5.74, 6) is 0. The van der Waals surface area contributed by atoms with Gasteiger partial charge in [-0.15, -0.1) is 0 Å². The van der Waals surface area contributed by atoms with Gasteiger partial charge in [0.05, 0.1) is 6.04 Å². The van der Waals surface area contributed by atoms with Gasteiger partial charge in [-0.2, -0.15) is 0 Å². The van der Waals surface area contributed by atoms with Crippen LogP contribution < -0.4 is 5.32 Å². The third-order valence-electron chi connectivity index (χ3n) is 5.93. The lowest BCUT2D eigenvalue weighted by Gasteiger charge is -2.40. The summed E-state index contributed by atoms with van der Waals surface area (Å²) in [7, 11) is 4.39. The molecule has 4 nitrogen and oxygen atoms in total. The van der Waals surface area contributed by atoms with Gasteiger partial charge in [-0.3, -0.25) is 4.90 Å². The van der Waals surface area contributed by atoms with Gasteiger partial charge in [0.15, 0.2) is 5.11 Å². The first-order chi connectivity index (χ1) is 12.5. The van der Waals surface area contributed by atoms with Crippen molar-refractivity contribution < 1.29 is 0 Å². The van der Waals surface area contributed by atoms with Gasteiger partial charge in [0.25, 0.3) is 0 Å². The molecule has 0 bridgehead atoms. The predicted octanol–water partition coefficient (Wildman–Crippen LogP) is 3.02. The highest BCUT2D eigenvalue weighted by molar-refractivity contribution is 7.80. The Morgan fingerprint density at radius 1 is 1.27 bits per heavy atom. The first-order valence-electron chi connectivity index (χ1n) is 9.58. The Balaban J connectivity index is 1.72. The lowest BCUT2D eigenvalue weighted by Crippen LogP contribution is -2.52. The molecule has 2 atom stereocenters. The zero-order valence-corrected chi connectivity index (χ0v) is 16.9. The molecule has 26 heavy (non-hydrogen) atoms. The summed E-state index contributed by atoms with van der Waals surface area (Å²) in [6.45, 7) is 7.16. The normalized spacial score (nSPS) is 22.1. The highest BCUT2D eigenvalue weighted by atomic mass is 32.1. The number of rotatable bonds is 3. The molecule has 2 aromatic rings. The van der Waals surface area contributed by atoms with Gasteiger partial charge < -0.3 is 14.8 Å². The molecule has 138 valence electrons. The minimum Gasteiger partial charge on any atom is -0.355 e. The number of nitrogens with one attached hydrogen (secondary N) is 1. The van der Waals surface area contributed by atoms with Crippen molar-refractivity contribution in [2.45, 2.75) is 32.4 Å². The number of benzene rings is 1. The Labute approximate surface area is 161 Å². The average molecular weight is 369 g/mol. The number of thiocarbonyl (C=S) groups is 1. The molecule has 0 fully saturated rings. The standard InChI is InChI=1S/C21H28N4S/c1-5-25(6-2)21(26)22-15-11-17-16-8-7-9-18-20(16)14(12-23(18)3)10-19(17)24(4)13-15/h7-9,11-12,15,19H,5-6,10,13H2,1-4H3,(H,22,26)/t15-,19+/m0/s1. The monoisotopic (exact) mass is 368 g/mol. The smallest absolute Gasteiger partial charge is 0.169 e. The van der Waals surface area contributed by atoms with Gasteiger partial charge in [0.1, 0.15) is 0 Å². The predicted molar refractivity (Wildman–Crippen MR) is 113 cm³/mol. The zero-order valence-electron chi connectivity index (χ0n) is 16.1. The molecular formula is C21H28N4S. The van der Waals surface area contributed by atoms with Crippen molar-refractivity contribution in [3.8, 4) is 0 Å². The van der Waals surface area contributed by atoms with E-state index >= 15 is 0 Å². The van der Waals surface area contributed by atoms with E-state index in [0.717, 1.165) is 31.2 Å². The molecule has 2 heterocycles. The Hall–Kier alpha value is -1.85. The van der Waals surface area contributed by atoms with E-state index in [2.05, 4.69) is 78.1 Å². The second-order valence-electron chi connectivity index (χ2n) is 7.47. The lowest BCUT2D eigenvalue weighted by atomic mass is 9.81. The molecule has 0 amide bonds. The van der Waals surface area contributed by atoms with Gasteiger partial charge in [0.2, 0.25) is 0 Å². The minimum atomic E-state index is 0.250. The van der Waals surface area contributed by atoms with Crippen molar-refractivity contribution in [3.05, 3.63) is 41.6 Å². The second-order valence-corrected chi connectivity index (χ2v) is 7.86. The maximum absolute atomic E-state index is 5.63. The Morgan fingerprint density at radius 3 is 2.77 bits per heavy atom. The highest BCUT2D eigenvalue weighted by Crippen LogP contribution is 2.40. The van der Waals surface area contributed by atoms with Gasteiger partial charge in [-0.1, -0.05) is 18.2 Å². The summed E-state index contributed by atoms with van der Waals surface area (Å²) in [6, 6.07) is 7.39. The van der Waals surface area contributed by atoms with E-state index in [-0.39, 0.29) is 6.04 Å². The molecule has 1 aromatic carbocycles. The zero-order chi connectivity index (χ0) is 18.4. The summed E-state index contributed by atoms with van der Waals surface area (Å²) in [4.78, 5) is 4.68. The van der Waals surface area contributed by atoms with Crippen LogP contribution in [0.1, 0.15) is 25.0 Å². The summed E-state index contributed by atoms with van der Waals surface area (Å²) >= 11 is 5.63. The number of hydrogen-bond acceptors (Lipinski definition) is 2. The van der Waals surface area contributed by atoms with Crippen LogP contribution in [0, 0.1) is 0 Å². The molecule has 0 saturated carbocycles. The van der Waals surface area contributed by atoms with E-state index in [4.69, 9.17) is 12.2 Å². The van der Waals surface area contributed by atoms with Crippen LogP contribution in [0.3, 0.4) is 0 Å². The topological polar surface area (TPSA) is 23.4 Å². The van der Waals surface area contributed by atoms with Crippen molar-refractivity contribution in [2.24, 2.45) is 7.05 Å². The highest BCUT2D eigenvalue weighted by Gasteiger charge is 2.34. The van der Waals surface area contributed by atoms with Crippen LogP contribution in [0.15, 0.2) is 30.5 Å². The van der Waals surface area contributed by atoms with Crippen LogP contribution in [0.25, 0.3) is 16.5 Å². The minimum absolute atomic E-state index is 0.250. The van der Waals surface area contributed by atoms with Gasteiger partial charge in [0, 0.05) is 49.8 Å². The molecular weight excluding hydrogens is 340 g/mol. The van der Waals surface area contributed by atoms with Gasteiger partial charge in [-0.05, 0) is 62.3 Å². The van der Waals surface area contributed by atoms with Gasteiger partial charge >= 0.3 is 0 Å². The molecule has 1 aliphatic carbocycles. The maximum atomic E-state index is 5.63. The van der Waals surface area contributed by atoms with E-state index in [1.54, 1.807) is 0 Å². The molecule has 4 rings (SSSR count). The fourth-order valence-corrected chi connectivity index (χ4v) is 4.99. The van der Waals surface area contributed by atoms with Crippen molar-refractivity contribution in [2.75, 3.05) is 26.7 Å². The fourth-order valence-electron chi connectivity index (χ4n) is 4.58. The third kappa shape index (κ3) is 2.74. The van der Waals surface area contributed by atoms with E-state index < -0.39 is 0 Å². The molecule has 5 heteroatoms. The van der Waals surface area contributed by atoms with Crippen LogP contribution in [0.2, 0.25) is 0 Å². The first-order valence-corrected chi connectivity index (χ1v) is 9.99. The first kappa shape index (κ1) is 17.6. The molecule has 1 aliphatic heterocycles. The SMILES string of the molecule is CCN(CC)C(=S)N[C@H]1C=C2c3cccc4c3c(cn4C)C[C@H]2N(C)C1. The van der Waals surface area contributed by atoms with Crippen molar-refractivity contribution >= 4 is 33.8 Å². The summed E-state index contributed by atoms with van der Waals surface area (Å²) in [5, 5.41) is 5.87. The molecule has 0 spiro atoms. The quantitative estimate of drug-likeness (QED) is 0.842. The number of likely N-dealkylation sites (N-methyl/N-ethyl adjacent to an activating group) is 1. The van der Waals surface area contributed by atoms with Crippen LogP contribution in [-0.2, 0) is 13.5 Å². The number of aromatic nitrogens is 1. The Bertz CT molecular complexity index is 878. The van der Waals surface area contributed by atoms with Crippen molar-refractivity contribution in [1.82, 2.24) is 19.7 Å². The van der Waals surface area contributed by atoms with E-state index in [0.29, 0.717) is 6.04 Å². The van der Waals surface area contributed by atoms with Crippen LogP contribution in [0.4, 0.5) is 0 Å². The lowest BCUT2D eigenvalue weighted by molar-refractivity contribution is 0.260. The van der Waals surface area contributed by atoms with Crippen molar-refractivity contribution in [1.29, 1.82) is 0 Å².